The minimum atomic E-state index is -0.0588. The van der Waals surface area contributed by atoms with Crippen LogP contribution in [0.2, 0.25) is 0 Å². The quantitative estimate of drug-likeness (QED) is 0.411. The standard InChI is InChI=1S/C21H18N2O/c22-18-13-7-8-14-19(18)23-20(16-9-3-1-4-10-16)15-21(24)17-11-5-2-6-12-17/h1-15,23H,22H2/b20-15-. The molecule has 3 aromatic carbocycles. The largest absolute Gasteiger partial charge is 0.397 e. The number of allylic oxidation sites excluding steroid dienone is 1. The van der Waals surface area contributed by atoms with Crippen LogP contribution in [0.1, 0.15) is 15.9 Å². The highest BCUT2D eigenvalue weighted by Crippen LogP contribution is 2.24. The Labute approximate surface area is 141 Å². The number of nitrogen functional groups attached to an aromatic ring is 1. The van der Waals surface area contributed by atoms with Crippen LogP contribution in [0.5, 0.6) is 0 Å². The molecule has 0 aromatic heterocycles. The number of hydrogen-bond acceptors (Lipinski definition) is 3. The van der Waals surface area contributed by atoms with Crippen molar-refractivity contribution in [2.24, 2.45) is 0 Å². The molecule has 118 valence electrons. The van der Waals surface area contributed by atoms with Gasteiger partial charge < -0.3 is 11.1 Å². The third-order valence-electron chi connectivity index (χ3n) is 3.65. The first-order chi connectivity index (χ1) is 11.7. The van der Waals surface area contributed by atoms with Gasteiger partial charge in [-0.25, -0.2) is 0 Å². The first-order valence-electron chi connectivity index (χ1n) is 7.72. The van der Waals surface area contributed by atoms with Gasteiger partial charge in [0.15, 0.2) is 5.78 Å². The van der Waals surface area contributed by atoms with E-state index in [-0.39, 0.29) is 5.78 Å². The minimum Gasteiger partial charge on any atom is -0.397 e. The lowest BCUT2D eigenvalue weighted by Crippen LogP contribution is -2.05. The van der Waals surface area contributed by atoms with E-state index in [1.54, 1.807) is 18.2 Å². The molecular formula is C21H18N2O. The SMILES string of the molecule is Nc1ccccc1N/C(=C\C(=O)c1ccccc1)c1ccccc1. The molecule has 0 fully saturated rings. The van der Waals surface area contributed by atoms with Gasteiger partial charge in [0.05, 0.1) is 11.4 Å². The van der Waals surface area contributed by atoms with Crippen molar-refractivity contribution in [2.75, 3.05) is 11.1 Å². The van der Waals surface area contributed by atoms with Crippen molar-refractivity contribution in [3.8, 4) is 0 Å². The van der Waals surface area contributed by atoms with E-state index in [2.05, 4.69) is 5.32 Å². The molecule has 24 heavy (non-hydrogen) atoms. The van der Waals surface area contributed by atoms with Crippen molar-refractivity contribution in [3.05, 3.63) is 102 Å². The van der Waals surface area contributed by atoms with E-state index < -0.39 is 0 Å². The van der Waals surface area contributed by atoms with Crippen LogP contribution in [0, 0.1) is 0 Å². The number of benzene rings is 3. The molecule has 3 heteroatoms. The third kappa shape index (κ3) is 3.70. The molecule has 0 amide bonds. The van der Waals surface area contributed by atoms with Gasteiger partial charge in [-0.3, -0.25) is 4.79 Å². The average Bonchev–Trinajstić information content (AvgIpc) is 2.64. The van der Waals surface area contributed by atoms with E-state index in [0.29, 0.717) is 16.9 Å². The van der Waals surface area contributed by atoms with Crippen LogP contribution in [0.15, 0.2) is 91.0 Å². The lowest BCUT2D eigenvalue weighted by molar-refractivity contribution is 0.104. The number of hydrogen-bond donors (Lipinski definition) is 2. The summed E-state index contributed by atoms with van der Waals surface area (Å²) in [6.07, 6.45) is 1.61. The smallest absolute Gasteiger partial charge is 0.187 e. The molecule has 0 atom stereocenters. The Kier molecular flexibility index (Phi) is 4.73. The predicted octanol–water partition coefficient (Wildman–Crippen LogP) is 4.60. The molecule has 0 radical (unpaired) electrons. The van der Waals surface area contributed by atoms with Gasteiger partial charge in [0.25, 0.3) is 0 Å². The van der Waals surface area contributed by atoms with Crippen LogP contribution in [0.25, 0.3) is 5.70 Å². The Morgan fingerprint density at radius 3 is 1.92 bits per heavy atom. The molecule has 0 saturated carbocycles. The van der Waals surface area contributed by atoms with Gasteiger partial charge in [-0.05, 0) is 17.7 Å². The van der Waals surface area contributed by atoms with Gasteiger partial charge in [-0.1, -0.05) is 72.8 Å². The van der Waals surface area contributed by atoms with Gasteiger partial charge in [0.2, 0.25) is 0 Å². The van der Waals surface area contributed by atoms with Gasteiger partial charge in [-0.15, -0.1) is 0 Å². The Balaban J connectivity index is 1.98. The Bertz CT molecular complexity index is 855. The van der Waals surface area contributed by atoms with Crippen LogP contribution in [0.4, 0.5) is 11.4 Å². The fourth-order valence-corrected chi connectivity index (χ4v) is 2.38. The summed E-state index contributed by atoms with van der Waals surface area (Å²) >= 11 is 0. The van der Waals surface area contributed by atoms with E-state index in [1.165, 1.54) is 0 Å². The molecule has 3 aromatic rings. The van der Waals surface area contributed by atoms with Gasteiger partial charge >= 0.3 is 0 Å². The van der Waals surface area contributed by atoms with Crippen molar-refractivity contribution < 1.29 is 4.79 Å². The second-order valence-corrected chi connectivity index (χ2v) is 5.37. The highest BCUT2D eigenvalue weighted by atomic mass is 16.1. The highest BCUT2D eigenvalue weighted by molar-refractivity contribution is 6.09. The van der Waals surface area contributed by atoms with E-state index in [1.807, 2.05) is 72.8 Å². The molecule has 0 aliphatic carbocycles. The molecule has 3 rings (SSSR count). The van der Waals surface area contributed by atoms with E-state index in [0.717, 1.165) is 11.3 Å². The second-order valence-electron chi connectivity index (χ2n) is 5.37. The molecule has 3 nitrogen and oxygen atoms in total. The number of anilines is 2. The maximum absolute atomic E-state index is 12.6. The van der Waals surface area contributed by atoms with Gasteiger partial charge in [0, 0.05) is 17.3 Å². The van der Waals surface area contributed by atoms with Crippen LogP contribution < -0.4 is 11.1 Å². The van der Waals surface area contributed by atoms with Gasteiger partial charge in [0.1, 0.15) is 0 Å². The lowest BCUT2D eigenvalue weighted by atomic mass is 10.1. The van der Waals surface area contributed by atoms with Crippen LogP contribution >= 0.6 is 0 Å². The molecule has 0 spiro atoms. The number of carbonyl (C=O) groups excluding carboxylic acids is 1. The summed E-state index contributed by atoms with van der Waals surface area (Å²) in [6, 6.07) is 26.4. The maximum Gasteiger partial charge on any atom is 0.187 e. The third-order valence-corrected chi connectivity index (χ3v) is 3.65. The number of nitrogens with two attached hydrogens (primary N) is 1. The number of ketones is 1. The summed E-state index contributed by atoms with van der Waals surface area (Å²) in [5.41, 5.74) is 9.70. The molecule has 0 heterocycles. The number of carbonyl (C=O) groups is 1. The lowest BCUT2D eigenvalue weighted by Gasteiger charge is -2.13. The predicted molar refractivity (Wildman–Crippen MR) is 99.7 cm³/mol. The zero-order chi connectivity index (χ0) is 16.8. The molecule has 0 bridgehead atoms. The monoisotopic (exact) mass is 314 g/mol. The zero-order valence-electron chi connectivity index (χ0n) is 13.1. The summed E-state index contributed by atoms with van der Waals surface area (Å²) < 4.78 is 0. The summed E-state index contributed by atoms with van der Waals surface area (Å²) in [7, 11) is 0. The van der Waals surface area contributed by atoms with E-state index >= 15 is 0 Å². The maximum atomic E-state index is 12.6. The second kappa shape index (κ2) is 7.29. The van der Waals surface area contributed by atoms with E-state index in [9.17, 15) is 4.79 Å². The van der Waals surface area contributed by atoms with Crippen LogP contribution in [-0.4, -0.2) is 5.78 Å². The fourth-order valence-electron chi connectivity index (χ4n) is 2.38. The molecule has 0 unspecified atom stereocenters. The summed E-state index contributed by atoms with van der Waals surface area (Å²) in [5, 5.41) is 3.28. The normalized spacial score (nSPS) is 11.1. The molecule has 0 aliphatic rings. The highest BCUT2D eigenvalue weighted by Gasteiger charge is 2.08. The summed E-state index contributed by atoms with van der Waals surface area (Å²) in [4.78, 5) is 12.6. The zero-order valence-corrected chi connectivity index (χ0v) is 13.1. The molecule has 3 N–H and O–H groups in total. The average molecular weight is 314 g/mol. The first-order valence-corrected chi connectivity index (χ1v) is 7.72. The Hall–Kier alpha value is -3.33. The fraction of sp³-hybridized carbons (Fsp3) is 0. The van der Waals surface area contributed by atoms with Crippen molar-refractivity contribution >= 4 is 22.9 Å². The van der Waals surface area contributed by atoms with Crippen molar-refractivity contribution in [1.82, 2.24) is 0 Å². The number of rotatable bonds is 5. The number of para-hydroxylation sites is 2. The summed E-state index contributed by atoms with van der Waals surface area (Å²) in [5.74, 6) is -0.0588. The molecule has 0 saturated heterocycles. The summed E-state index contributed by atoms with van der Waals surface area (Å²) in [6.45, 7) is 0. The minimum absolute atomic E-state index is 0.0588. The molecule has 0 aliphatic heterocycles. The van der Waals surface area contributed by atoms with Crippen molar-refractivity contribution in [2.45, 2.75) is 0 Å². The van der Waals surface area contributed by atoms with Crippen molar-refractivity contribution in [3.63, 3.8) is 0 Å². The van der Waals surface area contributed by atoms with Crippen LogP contribution in [-0.2, 0) is 0 Å². The van der Waals surface area contributed by atoms with E-state index in [4.69, 9.17) is 5.73 Å². The number of nitrogens with one attached hydrogen (secondary N) is 1. The topological polar surface area (TPSA) is 55.1 Å². The van der Waals surface area contributed by atoms with Crippen LogP contribution in [0.3, 0.4) is 0 Å². The first kappa shape index (κ1) is 15.6. The molecular weight excluding hydrogens is 296 g/mol. The van der Waals surface area contributed by atoms with Gasteiger partial charge in [-0.2, -0.15) is 0 Å². The Morgan fingerprint density at radius 2 is 1.29 bits per heavy atom. The Morgan fingerprint density at radius 1 is 0.750 bits per heavy atom. The van der Waals surface area contributed by atoms with Crippen molar-refractivity contribution in [1.29, 1.82) is 0 Å².